The van der Waals surface area contributed by atoms with E-state index < -0.39 is 4.32 Å². The summed E-state index contributed by atoms with van der Waals surface area (Å²) in [5, 5.41) is 0. The Balaban J connectivity index is 2.41. The van der Waals surface area contributed by atoms with Gasteiger partial charge in [0.05, 0.1) is 12.2 Å². The maximum absolute atomic E-state index is 12.1. The van der Waals surface area contributed by atoms with Crippen molar-refractivity contribution in [2.75, 3.05) is 0 Å². The minimum absolute atomic E-state index is 0.0862. The first-order chi connectivity index (χ1) is 6.48. The highest BCUT2D eigenvalue weighted by Crippen LogP contribution is 2.45. The van der Waals surface area contributed by atoms with Crippen LogP contribution in [0.4, 0.5) is 0 Å². The van der Waals surface area contributed by atoms with Gasteiger partial charge in [0.25, 0.3) is 0 Å². The molecular weight excluding hydrogens is 312 g/mol. The molecule has 0 spiro atoms. The molecule has 0 N–H and O–H groups in total. The number of rotatable bonds is 1. The van der Waals surface area contributed by atoms with Crippen molar-refractivity contribution < 1.29 is 9.53 Å². The van der Waals surface area contributed by atoms with Crippen molar-refractivity contribution in [1.82, 2.24) is 0 Å². The highest BCUT2D eigenvalue weighted by atomic mass is 79.9. The summed E-state index contributed by atoms with van der Waals surface area (Å²) in [5.74, 6) is 0.405. The van der Waals surface area contributed by atoms with Crippen LogP contribution in [0.3, 0.4) is 0 Å². The van der Waals surface area contributed by atoms with E-state index in [2.05, 4.69) is 31.9 Å². The lowest BCUT2D eigenvalue weighted by atomic mass is 9.84. The third-order valence-corrected chi connectivity index (χ3v) is 5.64. The van der Waals surface area contributed by atoms with Crippen molar-refractivity contribution in [3.05, 3.63) is 12.2 Å². The van der Waals surface area contributed by atoms with Gasteiger partial charge in [0.2, 0.25) is 0 Å². The van der Waals surface area contributed by atoms with Crippen molar-refractivity contribution in [1.29, 1.82) is 0 Å². The van der Waals surface area contributed by atoms with Crippen LogP contribution in [0.5, 0.6) is 0 Å². The molecule has 0 aromatic heterocycles. The van der Waals surface area contributed by atoms with Crippen molar-refractivity contribution in [2.24, 2.45) is 5.92 Å². The van der Waals surface area contributed by atoms with Crippen LogP contribution in [-0.2, 0) is 9.53 Å². The summed E-state index contributed by atoms with van der Waals surface area (Å²) >= 11 is 6.96. The summed E-state index contributed by atoms with van der Waals surface area (Å²) in [6.45, 7) is 4.06. The zero-order valence-corrected chi connectivity index (χ0v) is 11.2. The van der Waals surface area contributed by atoms with Crippen LogP contribution >= 0.6 is 31.9 Å². The first kappa shape index (κ1) is 10.8. The van der Waals surface area contributed by atoms with E-state index >= 15 is 0 Å². The molecule has 0 radical (unpaired) electrons. The number of fused-ring (bicyclic) bond motifs is 2. The number of alkyl halides is 2. The van der Waals surface area contributed by atoms with Gasteiger partial charge in [-0.2, -0.15) is 0 Å². The monoisotopic (exact) mass is 322 g/mol. The molecule has 0 aromatic rings. The van der Waals surface area contributed by atoms with Gasteiger partial charge in [-0.1, -0.05) is 57.9 Å². The van der Waals surface area contributed by atoms with E-state index in [0.29, 0.717) is 0 Å². The second-order valence-corrected chi connectivity index (χ2v) is 6.39. The summed E-state index contributed by atoms with van der Waals surface area (Å²) < 4.78 is 5.17. The molecule has 0 unspecified atom stereocenters. The molecule has 0 saturated carbocycles. The van der Waals surface area contributed by atoms with Crippen LogP contribution < -0.4 is 0 Å². The van der Waals surface area contributed by atoms with Gasteiger partial charge in [0.1, 0.15) is 9.15 Å². The van der Waals surface area contributed by atoms with Crippen LogP contribution in [0, 0.1) is 5.92 Å². The lowest BCUT2D eigenvalue weighted by Crippen LogP contribution is -2.57. The van der Waals surface area contributed by atoms with E-state index in [1.165, 1.54) is 0 Å². The van der Waals surface area contributed by atoms with E-state index in [9.17, 15) is 4.79 Å². The molecule has 2 aliphatic heterocycles. The smallest absolute Gasteiger partial charge is 0.169 e. The molecule has 4 heteroatoms. The SMILES string of the molecule is CC(C)[C@]1(Br)C(=O)[C@@H](Br)[C@@H]2C=C[C@H]1O2. The summed E-state index contributed by atoms with van der Waals surface area (Å²) in [6.07, 6.45) is 3.75. The summed E-state index contributed by atoms with van der Waals surface area (Å²) in [4.78, 5) is 11.9. The topological polar surface area (TPSA) is 26.3 Å². The molecule has 4 atom stereocenters. The van der Waals surface area contributed by atoms with Crippen LogP contribution in [0.25, 0.3) is 0 Å². The Morgan fingerprint density at radius 2 is 2.14 bits per heavy atom. The molecule has 2 nitrogen and oxygen atoms in total. The maximum atomic E-state index is 12.1. The normalized spacial score (nSPS) is 46.4. The second-order valence-electron chi connectivity index (χ2n) is 4.09. The Bertz CT molecular complexity index is 300. The van der Waals surface area contributed by atoms with Gasteiger partial charge in [-0.15, -0.1) is 0 Å². The maximum Gasteiger partial charge on any atom is 0.169 e. The van der Waals surface area contributed by atoms with E-state index in [-0.39, 0.29) is 28.7 Å². The van der Waals surface area contributed by atoms with Gasteiger partial charge in [0, 0.05) is 0 Å². The van der Waals surface area contributed by atoms with Crippen LogP contribution in [-0.4, -0.2) is 27.1 Å². The second kappa shape index (κ2) is 3.42. The van der Waals surface area contributed by atoms with Crippen LogP contribution in [0.1, 0.15) is 13.8 Å². The Morgan fingerprint density at radius 3 is 2.71 bits per heavy atom. The third kappa shape index (κ3) is 1.27. The number of halogens is 2. The van der Waals surface area contributed by atoms with Crippen LogP contribution in [0.15, 0.2) is 12.2 Å². The van der Waals surface area contributed by atoms with Crippen molar-refractivity contribution in [2.45, 2.75) is 35.2 Å². The number of Topliss-reactive ketones (excluding diaryl/α,β-unsaturated/α-hetero) is 1. The van der Waals surface area contributed by atoms with E-state index in [4.69, 9.17) is 4.74 Å². The highest BCUT2D eigenvalue weighted by Gasteiger charge is 2.56. The zero-order chi connectivity index (χ0) is 10.5. The molecule has 78 valence electrons. The summed E-state index contributed by atoms with van der Waals surface area (Å²) in [6, 6.07) is 0. The fourth-order valence-corrected chi connectivity index (χ4v) is 3.48. The number of carbonyl (C=O) groups is 1. The van der Waals surface area contributed by atoms with Crippen LogP contribution in [0.2, 0.25) is 0 Å². The number of hydrogen-bond donors (Lipinski definition) is 0. The largest absolute Gasteiger partial charge is 0.363 e. The van der Waals surface area contributed by atoms with Crippen molar-refractivity contribution in [3.8, 4) is 0 Å². The molecule has 2 heterocycles. The summed E-state index contributed by atoms with van der Waals surface area (Å²) in [7, 11) is 0. The van der Waals surface area contributed by atoms with E-state index in [1.807, 2.05) is 26.0 Å². The highest BCUT2D eigenvalue weighted by molar-refractivity contribution is 9.11. The van der Waals surface area contributed by atoms with Gasteiger partial charge in [0.15, 0.2) is 5.78 Å². The molecule has 2 bridgehead atoms. The average Bonchev–Trinajstić information content (AvgIpc) is 2.59. The van der Waals surface area contributed by atoms with Crippen molar-refractivity contribution >= 4 is 37.6 Å². The van der Waals surface area contributed by atoms with Gasteiger partial charge in [-0.25, -0.2) is 0 Å². The molecule has 1 saturated heterocycles. The number of hydrogen-bond acceptors (Lipinski definition) is 2. The number of ketones is 1. The predicted octanol–water partition coefficient (Wildman–Crippen LogP) is 2.45. The Hall–Kier alpha value is 0.330. The fraction of sp³-hybridized carbons (Fsp3) is 0.700. The molecule has 0 amide bonds. The molecule has 2 rings (SSSR count). The Labute approximate surface area is 100 Å². The number of ether oxygens (including phenoxy) is 1. The molecular formula is C10H12Br2O2. The van der Waals surface area contributed by atoms with Gasteiger partial charge < -0.3 is 4.74 Å². The Kier molecular flexibility index (Phi) is 2.65. The first-order valence-electron chi connectivity index (χ1n) is 4.69. The van der Waals surface area contributed by atoms with E-state index in [0.717, 1.165) is 0 Å². The first-order valence-corrected chi connectivity index (χ1v) is 6.40. The summed E-state index contributed by atoms with van der Waals surface area (Å²) in [5.41, 5.74) is 0. The van der Waals surface area contributed by atoms with E-state index in [1.54, 1.807) is 0 Å². The standard InChI is InChI=1S/C10H12Br2O2/c1-5(2)10(12)7-4-3-6(14-7)8(11)9(10)13/h3-8H,1-2H3/t6-,7+,8-,10+/m0/s1. The molecule has 14 heavy (non-hydrogen) atoms. The van der Waals surface area contributed by atoms with Gasteiger partial charge in [-0.3, -0.25) is 4.79 Å². The average molecular weight is 324 g/mol. The van der Waals surface area contributed by atoms with Gasteiger partial charge in [-0.05, 0) is 5.92 Å². The van der Waals surface area contributed by atoms with Gasteiger partial charge >= 0.3 is 0 Å². The third-order valence-electron chi connectivity index (χ3n) is 2.95. The molecule has 1 fully saturated rings. The quantitative estimate of drug-likeness (QED) is 0.547. The Morgan fingerprint density at radius 1 is 1.50 bits per heavy atom. The fourth-order valence-electron chi connectivity index (χ4n) is 1.99. The molecule has 2 aliphatic rings. The van der Waals surface area contributed by atoms with Crippen molar-refractivity contribution in [3.63, 3.8) is 0 Å². The molecule has 0 aliphatic carbocycles. The number of carbonyl (C=O) groups excluding carboxylic acids is 1. The minimum Gasteiger partial charge on any atom is -0.363 e. The predicted molar refractivity (Wildman–Crippen MR) is 62.0 cm³/mol. The molecule has 0 aromatic carbocycles. The lowest BCUT2D eigenvalue weighted by molar-refractivity contribution is -0.133. The minimum atomic E-state index is -0.565. The zero-order valence-electron chi connectivity index (χ0n) is 8.04. The lowest BCUT2D eigenvalue weighted by Gasteiger charge is -2.41.